The van der Waals surface area contributed by atoms with Crippen LogP contribution in [0.1, 0.15) is 85.6 Å². The van der Waals surface area contributed by atoms with Crippen molar-refractivity contribution >= 4 is 17.5 Å². The second-order valence-electron chi connectivity index (χ2n) is 9.56. The first-order valence-corrected chi connectivity index (χ1v) is 12.1. The van der Waals surface area contributed by atoms with Gasteiger partial charge in [0.25, 0.3) is 0 Å². The maximum absolute atomic E-state index is 12.7. The van der Waals surface area contributed by atoms with Crippen molar-refractivity contribution in [3.05, 3.63) is 47.0 Å². The van der Waals surface area contributed by atoms with Crippen LogP contribution >= 0.6 is 0 Å². The molecular formula is C28H34O8. The van der Waals surface area contributed by atoms with E-state index in [1.165, 1.54) is 14.0 Å². The molecule has 0 saturated heterocycles. The molecule has 0 saturated carbocycles. The third kappa shape index (κ3) is 6.36. The van der Waals surface area contributed by atoms with Crippen molar-refractivity contribution in [1.82, 2.24) is 0 Å². The van der Waals surface area contributed by atoms with Gasteiger partial charge in [-0.2, -0.15) is 0 Å². The van der Waals surface area contributed by atoms with E-state index in [4.69, 9.17) is 14.2 Å². The van der Waals surface area contributed by atoms with Gasteiger partial charge in [0.2, 0.25) is 0 Å². The topological polar surface area (TPSA) is 108 Å². The molecule has 3 rings (SSSR count). The summed E-state index contributed by atoms with van der Waals surface area (Å²) in [5, 5.41) is 10.5. The Hall–Kier alpha value is -3.55. The Morgan fingerprint density at radius 1 is 1.14 bits per heavy atom. The molecule has 1 aliphatic rings. The lowest BCUT2D eigenvalue weighted by atomic mass is 9.87. The van der Waals surface area contributed by atoms with Crippen LogP contribution in [-0.4, -0.2) is 48.6 Å². The van der Waals surface area contributed by atoms with E-state index >= 15 is 0 Å². The molecule has 2 aromatic rings. The first-order chi connectivity index (χ1) is 17.0. The number of ether oxygens (including phenoxy) is 4. The van der Waals surface area contributed by atoms with Gasteiger partial charge in [0.15, 0.2) is 18.2 Å². The summed E-state index contributed by atoms with van der Waals surface area (Å²) in [4.78, 5) is 35.8. The number of carbonyl (C=O) groups excluding carboxylic acids is 3. The molecule has 8 nitrogen and oxygen atoms in total. The molecule has 194 valence electrons. The molecular weight excluding hydrogens is 464 g/mol. The molecule has 1 N–H and O–H groups in total. The standard InChI is InChI=1S/C28H34O8/c1-17(2)26-23(11-10-20(18(3)29)27(26)32)34-13-7-6-12-28(4)15-22(30)21-9-8-19(14-24(21)36-28)35-16-25(31)33-5/h8-11,14,17,32H,6-7,12-13,15-16H2,1-5H3. The Kier molecular flexibility index (Phi) is 8.61. The minimum Gasteiger partial charge on any atom is -0.507 e. The second kappa shape index (κ2) is 11.5. The third-order valence-electron chi connectivity index (χ3n) is 6.22. The molecule has 0 radical (unpaired) electrons. The molecule has 1 heterocycles. The van der Waals surface area contributed by atoms with Crippen LogP contribution in [0, 0.1) is 0 Å². The highest BCUT2D eigenvalue weighted by Gasteiger charge is 2.36. The van der Waals surface area contributed by atoms with Crippen LogP contribution in [0.2, 0.25) is 0 Å². The maximum Gasteiger partial charge on any atom is 0.343 e. The molecule has 0 amide bonds. The summed E-state index contributed by atoms with van der Waals surface area (Å²) in [6.07, 6.45) is 2.38. The highest BCUT2D eigenvalue weighted by Crippen LogP contribution is 2.39. The molecule has 0 aliphatic carbocycles. The molecule has 1 atom stereocenters. The fraction of sp³-hybridized carbons (Fsp3) is 0.464. The van der Waals surface area contributed by atoms with Gasteiger partial charge in [-0.05, 0) is 63.3 Å². The summed E-state index contributed by atoms with van der Waals surface area (Å²) < 4.78 is 22.2. The molecule has 0 fully saturated rings. The van der Waals surface area contributed by atoms with Gasteiger partial charge in [-0.3, -0.25) is 9.59 Å². The smallest absolute Gasteiger partial charge is 0.343 e. The van der Waals surface area contributed by atoms with Crippen LogP contribution in [0.4, 0.5) is 0 Å². The highest BCUT2D eigenvalue weighted by molar-refractivity contribution is 6.00. The quantitative estimate of drug-likeness (QED) is 0.254. The molecule has 1 unspecified atom stereocenters. The number of hydrogen-bond acceptors (Lipinski definition) is 8. The third-order valence-corrected chi connectivity index (χ3v) is 6.22. The summed E-state index contributed by atoms with van der Waals surface area (Å²) in [5.74, 6) is 0.696. The number of rotatable bonds is 11. The van der Waals surface area contributed by atoms with Gasteiger partial charge in [-0.25, -0.2) is 4.79 Å². The van der Waals surface area contributed by atoms with Gasteiger partial charge in [-0.15, -0.1) is 0 Å². The SMILES string of the molecule is COC(=O)COc1ccc2c(c1)OC(C)(CCCCOc1ccc(C(C)=O)c(O)c1C(C)C)CC2=O. The summed E-state index contributed by atoms with van der Waals surface area (Å²) >= 11 is 0. The summed E-state index contributed by atoms with van der Waals surface area (Å²) in [6, 6.07) is 8.22. The van der Waals surface area contributed by atoms with Gasteiger partial charge in [-0.1, -0.05) is 13.8 Å². The van der Waals surface area contributed by atoms with Gasteiger partial charge >= 0.3 is 5.97 Å². The fourth-order valence-corrected chi connectivity index (χ4v) is 4.32. The number of fused-ring (bicyclic) bond motifs is 1. The predicted molar refractivity (Wildman–Crippen MR) is 133 cm³/mol. The second-order valence-corrected chi connectivity index (χ2v) is 9.56. The number of benzene rings is 2. The molecule has 0 bridgehead atoms. The van der Waals surface area contributed by atoms with Crippen LogP contribution in [-0.2, 0) is 9.53 Å². The molecule has 8 heteroatoms. The Labute approximate surface area is 211 Å². The normalized spacial score (nSPS) is 16.8. The average Bonchev–Trinajstić information content (AvgIpc) is 2.81. The lowest BCUT2D eigenvalue weighted by Gasteiger charge is -2.35. The van der Waals surface area contributed by atoms with Gasteiger partial charge in [0, 0.05) is 11.6 Å². The number of unbranched alkanes of at least 4 members (excludes halogenated alkanes) is 1. The number of hydrogen-bond donors (Lipinski definition) is 1. The minimum atomic E-state index is -0.671. The summed E-state index contributed by atoms with van der Waals surface area (Å²) in [5.41, 5.74) is 0.737. The molecule has 36 heavy (non-hydrogen) atoms. The fourth-order valence-electron chi connectivity index (χ4n) is 4.32. The lowest BCUT2D eigenvalue weighted by molar-refractivity contribution is -0.142. The Balaban J connectivity index is 1.58. The van der Waals surface area contributed by atoms with E-state index in [9.17, 15) is 19.5 Å². The Morgan fingerprint density at radius 2 is 1.89 bits per heavy atom. The van der Waals surface area contributed by atoms with Gasteiger partial charge < -0.3 is 24.1 Å². The summed E-state index contributed by atoms with van der Waals surface area (Å²) in [7, 11) is 1.29. The van der Waals surface area contributed by atoms with Crippen molar-refractivity contribution in [2.75, 3.05) is 20.3 Å². The largest absolute Gasteiger partial charge is 0.507 e. The van der Waals surface area contributed by atoms with Gasteiger partial charge in [0.05, 0.1) is 31.3 Å². The first kappa shape index (κ1) is 27.0. The highest BCUT2D eigenvalue weighted by atomic mass is 16.6. The van der Waals surface area contributed by atoms with E-state index in [-0.39, 0.29) is 41.8 Å². The number of phenolic OH excluding ortho intramolecular Hbond substituents is 1. The molecule has 0 aromatic heterocycles. The van der Waals surface area contributed by atoms with E-state index in [1.54, 1.807) is 30.3 Å². The van der Waals surface area contributed by atoms with Crippen LogP contribution in [0.5, 0.6) is 23.0 Å². The minimum absolute atomic E-state index is 0.00266. The number of ketones is 2. The van der Waals surface area contributed by atoms with E-state index < -0.39 is 11.6 Å². The number of esters is 1. The van der Waals surface area contributed by atoms with Crippen LogP contribution in [0.25, 0.3) is 0 Å². The Morgan fingerprint density at radius 3 is 2.56 bits per heavy atom. The van der Waals surface area contributed by atoms with Gasteiger partial charge in [0.1, 0.15) is 28.6 Å². The average molecular weight is 499 g/mol. The number of phenols is 1. The maximum atomic E-state index is 12.7. The number of carbonyl (C=O) groups is 3. The van der Waals surface area contributed by atoms with E-state index in [2.05, 4.69) is 4.74 Å². The number of methoxy groups -OCH3 is 1. The zero-order valence-electron chi connectivity index (χ0n) is 21.5. The van der Waals surface area contributed by atoms with Crippen LogP contribution in [0.3, 0.4) is 0 Å². The summed E-state index contributed by atoms with van der Waals surface area (Å²) in [6.45, 7) is 7.40. The first-order valence-electron chi connectivity index (χ1n) is 12.1. The van der Waals surface area contributed by atoms with E-state index in [0.29, 0.717) is 41.4 Å². The molecule has 0 spiro atoms. The van der Waals surface area contributed by atoms with Crippen molar-refractivity contribution in [1.29, 1.82) is 0 Å². The number of Topliss-reactive ketones (excluding diaryl/α,β-unsaturated/α-hetero) is 2. The van der Waals surface area contributed by atoms with Crippen molar-refractivity contribution in [2.24, 2.45) is 0 Å². The van der Waals surface area contributed by atoms with Crippen LogP contribution in [0.15, 0.2) is 30.3 Å². The van der Waals surface area contributed by atoms with Crippen LogP contribution < -0.4 is 14.2 Å². The predicted octanol–water partition coefficient (Wildman–Crippen LogP) is 5.24. The van der Waals surface area contributed by atoms with Crippen molar-refractivity contribution in [2.45, 2.75) is 64.9 Å². The van der Waals surface area contributed by atoms with E-state index in [0.717, 1.165) is 12.8 Å². The van der Waals surface area contributed by atoms with Crippen molar-refractivity contribution < 1.29 is 38.4 Å². The molecule has 2 aromatic carbocycles. The van der Waals surface area contributed by atoms with Crippen molar-refractivity contribution in [3.8, 4) is 23.0 Å². The monoisotopic (exact) mass is 498 g/mol. The van der Waals surface area contributed by atoms with Crippen molar-refractivity contribution in [3.63, 3.8) is 0 Å². The zero-order valence-corrected chi connectivity index (χ0v) is 21.5. The zero-order chi connectivity index (χ0) is 26.5. The Bertz CT molecular complexity index is 1140. The van der Waals surface area contributed by atoms with E-state index in [1.807, 2.05) is 20.8 Å². The molecule has 1 aliphatic heterocycles. The lowest BCUT2D eigenvalue weighted by Crippen LogP contribution is -2.39. The number of aromatic hydroxyl groups is 1.